The van der Waals surface area contributed by atoms with Crippen molar-refractivity contribution >= 4 is 60.5 Å². The highest BCUT2D eigenvalue weighted by Crippen LogP contribution is 2.47. The molecule has 58 heavy (non-hydrogen) atoms. The van der Waals surface area contributed by atoms with Gasteiger partial charge in [0, 0.05) is 22.1 Å². The lowest BCUT2D eigenvalue weighted by molar-refractivity contribution is 0.669. The quantitative estimate of drug-likeness (QED) is 0.151. The van der Waals surface area contributed by atoms with Crippen LogP contribution in [0.4, 0.5) is 17.1 Å². The largest absolute Gasteiger partial charge is 0.454 e. The molecule has 11 rings (SSSR count). The van der Waals surface area contributed by atoms with Crippen LogP contribution in [0.1, 0.15) is 0 Å². The van der Waals surface area contributed by atoms with Crippen molar-refractivity contribution < 1.29 is 4.42 Å². The molecule has 1 aromatic heterocycles. The minimum atomic E-state index is 0.863. The Morgan fingerprint density at radius 1 is 0.276 bits per heavy atom. The van der Waals surface area contributed by atoms with Gasteiger partial charge in [-0.15, -0.1) is 0 Å². The van der Waals surface area contributed by atoms with Crippen LogP contribution >= 0.6 is 0 Å². The van der Waals surface area contributed by atoms with E-state index in [1.165, 1.54) is 54.9 Å². The molecule has 11 aromatic rings. The number of rotatable bonds is 7. The maximum atomic E-state index is 6.63. The molecule has 2 nitrogen and oxygen atoms in total. The van der Waals surface area contributed by atoms with Crippen molar-refractivity contribution in [2.75, 3.05) is 4.90 Å². The molecule has 0 atom stereocenters. The maximum Gasteiger partial charge on any atom is 0.159 e. The Bertz CT molecular complexity index is 3260. The number of hydrogen-bond acceptors (Lipinski definition) is 2. The van der Waals surface area contributed by atoms with Crippen LogP contribution in [0.25, 0.3) is 88.0 Å². The van der Waals surface area contributed by atoms with Crippen LogP contribution in [0.3, 0.4) is 0 Å². The number of fused-ring (bicyclic) bond motifs is 6. The monoisotopic (exact) mass is 739 g/mol. The van der Waals surface area contributed by atoms with E-state index >= 15 is 0 Å². The Morgan fingerprint density at radius 3 is 1.50 bits per heavy atom. The minimum Gasteiger partial charge on any atom is -0.454 e. The number of benzene rings is 10. The van der Waals surface area contributed by atoms with Crippen molar-refractivity contribution in [2.45, 2.75) is 0 Å². The fourth-order valence-electron chi connectivity index (χ4n) is 8.77. The highest BCUT2D eigenvalue weighted by atomic mass is 16.3. The van der Waals surface area contributed by atoms with Gasteiger partial charge in [-0.3, -0.25) is 0 Å². The smallest absolute Gasteiger partial charge is 0.159 e. The molecule has 10 aromatic carbocycles. The van der Waals surface area contributed by atoms with E-state index in [9.17, 15) is 0 Å². The van der Waals surface area contributed by atoms with Gasteiger partial charge in [0.05, 0.1) is 5.69 Å². The highest BCUT2D eigenvalue weighted by molar-refractivity contribution is 6.22. The lowest BCUT2D eigenvalue weighted by Crippen LogP contribution is -2.10. The average molecular weight is 740 g/mol. The molecule has 1 heterocycles. The third kappa shape index (κ3) is 5.74. The third-order valence-electron chi connectivity index (χ3n) is 11.4. The van der Waals surface area contributed by atoms with Gasteiger partial charge in [-0.05, 0) is 109 Å². The molecule has 0 amide bonds. The summed E-state index contributed by atoms with van der Waals surface area (Å²) in [7, 11) is 0. The first-order valence-corrected chi connectivity index (χ1v) is 19.8. The first kappa shape index (κ1) is 33.6. The van der Waals surface area contributed by atoms with Gasteiger partial charge in [-0.2, -0.15) is 0 Å². The van der Waals surface area contributed by atoms with E-state index in [0.29, 0.717) is 0 Å². The second-order valence-electron chi connectivity index (χ2n) is 14.8. The van der Waals surface area contributed by atoms with E-state index in [1.807, 2.05) is 12.1 Å². The standard InChI is InChI=1S/C56H37NO/c1-4-16-38(17-5-1)42-22-14-23-45(36-42)57(52-28-15-27-50-48-25-12-13-29-53(48)58-56(50)52)44-33-30-39(31-34-44)43-32-35-47-46-24-10-11-26-49(46)54(40-18-6-2-7-19-40)55(51(47)37-43)41-20-8-3-9-21-41/h1-37H. The Labute approximate surface area is 337 Å². The van der Waals surface area contributed by atoms with Crippen LogP contribution in [0.2, 0.25) is 0 Å². The van der Waals surface area contributed by atoms with Gasteiger partial charge in [-0.25, -0.2) is 0 Å². The second kappa shape index (κ2) is 14.1. The summed E-state index contributed by atoms with van der Waals surface area (Å²) in [6.07, 6.45) is 0. The van der Waals surface area contributed by atoms with Gasteiger partial charge >= 0.3 is 0 Å². The summed E-state index contributed by atoms with van der Waals surface area (Å²) in [5, 5.41) is 7.21. The molecule has 0 radical (unpaired) electrons. The van der Waals surface area contributed by atoms with Crippen LogP contribution < -0.4 is 4.90 Å². The fourth-order valence-corrected chi connectivity index (χ4v) is 8.77. The molecule has 0 aliphatic carbocycles. The van der Waals surface area contributed by atoms with Gasteiger partial charge in [0.1, 0.15) is 5.58 Å². The van der Waals surface area contributed by atoms with Crippen molar-refractivity contribution in [2.24, 2.45) is 0 Å². The van der Waals surface area contributed by atoms with Crippen LogP contribution in [0.5, 0.6) is 0 Å². The number of hydrogen-bond donors (Lipinski definition) is 0. The van der Waals surface area contributed by atoms with Crippen molar-refractivity contribution in [3.05, 3.63) is 224 Å². The number of nitrogens with zero attached hydrogens (tertiary/aromatic N) is 1. The Hall–Kier alpha value is -7.68. The number of anilines is 3. The fraction of sp³-hybridized carbons (Fsp3) is 0. The van der Waals surface area contributed by atoms with Crippen molar-refractivity contribution in [1.82, 2.24) is 0 Å². The van der Waals surface area contributed by atoms with E-state index in [0.717, 1.165) is 50.1 Å². The number of para-hydroxylation sites is 2. The molecule has 0 aliphatic heterocycles. The molecule has 0 fully saturated rings. The Morgan fingerprint density at radius 2 is 0.776 bits per heavy atom. The summed E-state index contributed by atoms with van der Waals surface area (Å²) in [6.45, 7) is 0. The van der Waals surface area contributed by atoms with Gasteiger partial charge in [-0.1, -0.05) is 182 Å². The molecule has 0 saturated heterocycles. The topological polar surface area (TPSA) is 16.4 Å². The molecule has 0 aliphatic rings. The maximum absolute atomic E-state index is 6.63. The second-order valence-corrected chi connectivity index (χ2v) is 14.8. The zero-order valence-electron chi connectivity index (χ0n) is 31.7. The van der Waals surface area contributed by atoms with E-state index in [-0.39, 0.29) is 0 Å². The summed E-state index contributed by atoms with van der Waals surface area (Å²) in [6, 6.07) is 80.6. The summed E-state index contributed by atoms with van der Waals surface area (Å²) < 4.78 is 6.63. The van der Waals surface area contributed by atoms with Gasteiger partial charge in [0.2, 0.25) is 0 Å². The Kier molecular flexibility index (Phi) is 8.19. The zero-order chi connectivity index (χ0) is 38.4. The number of furan rings is 1. The van der Waals surface area contributed by atoms with E-state index in [2.05, 4.69) is 217 Å². The minimum absolute atomic E-state index is 0.863. The average Bonchev–Trinajstić information content (AvgIpc) is 3.69. The molecule has 0 bridgehead atoms. The van der Waals surface area contributed by atoms with Gasteiger partial charge < -0.3 is 9.32 Å². The molecule has 0 spiro atoms. The first-order chi connectivity index (χ1) is 28.8. The van der Waals surface area contributed by atoms with Crippen LogP contribution in [0, 0.1) is 0 Å². The van der Waals surface area contributed by atoms with Gasteiger partial charge in [0.25, 0.3) is 0 Å². The molecule has 0 N–H and O–H groups in total. The lowest BCUT2D eigenvalue weighted by atomic mass is 9.84. The van der Waals surface area contributed by atoms with E-state index in [4.69, 9.17) is 4.42 Å². The van der Waals surface area contributed by atoms with Crippen LogP contribution in [-0.4, -0.2) is 0 Å². The summed E-state index contributed by atoms with van der Waals surface area (Å²) in [5.74, 6) is 0. The summed E-state index contributed by atoms with van der Waals surface area (Å²) in [5.41, 5.74) is 14.4. The molecule has 0 unspecified atom stereocenters. The summed E-state index contributed by atoms with van der Waals surface area (Å²) >= 11 is 0. The van der Waals surface area contributed by atoms with E-state index < -0.39 is 0 Å². The van der Waals surface area contributed by atoms with Crippen molar-refractivity contribution in [3.8, 4) is 44.5 Å². The van der Waals surface area contributed by atoms with Crippen molar-refractivity contribution in [1.29, 1.82) is 0 Å². The first-order valence-electron chi connectivity index (χ1n) is 19.8. The molecule has 2 heteroatoms. The summed E-state index contributed by atoms with van der Waals surface area (Å²) in [4.78, 5) is 2.33. The van der Waals surface area contributed by atoms with Crippen LogP contribution in [0.15, 0.2) is 229 Å². The molecule has 272 valence electrons. The highest BCUT2D eigenvalue weighted by Gasteiger charge is 2.21. The normalized spacial score (nSPS) is 11.4. The third-order valence-corrected chi connectivity index (χ3v) is 11.4. The lowest BCUT2D eigenvalue weighted by Gasteiger charge is -2.26. The van der Waals surface area contributed by atoms with E-state index in [1.54, 1.807) is 0 Å². The predicted molar refractivity (Wildman–Crippen MR) is 245 cm³/mol. The molecular weight excluding hydrogens is 703 g/mol. The van der Waals surface area contributed by atoms with Gasteiger partial charge in [0.15, 0.2) is 5.58 Å². The molecular formula is C56H37NO. The zero-order valence-corrected chi connectivity index (χ0v) is 31.7. The Balaban J connectivity index is 1.09. The molecule has 0 saturated carbocycles. The predicted octanol–water partition coefficient (Wildman–Crippen LogP) is 16.0. The SMILES string of the molecule is c1ccc(-c2cccc(N(c3ccc(-c4ccc5c(c4)c(-c4ccccc4)c(-c4ccccc4)c4ccccc45)cc3)c3cccc4c3oc3ccccc34)c2)cc1. The van der Waals surface area contributed by atoms with Crippen molar-refractivity contribution in [3.63, 3.8) is 0 Å². The van der Waals surface area contributed by atoms with Crippen LogP contribution in [-0.2, 0) is 0 Å².